The summed E-state index contributed by atoms with van der Waals surface area (Å²) < 4.78 is 14.0. The van der Waals surface area contributed by atoms with Crippen LogP contribution in [0.15, 0.2) is 18.2 Å². The normalized spacial score (nSPS) is 27.6. The Morgan fingerprint density at radius 1 is 1.30 bits per heavy atom. The Labute approximate surface area is 135 Å². The van der Waals surface area contributed by atoms with E-state index >= 15 is 0 Å². The van der Waals surface area contributed by atoms with E-state index in [0.29, 0.717) is 21.2 Å². The molecule has 0 radical (unpaired) electrons. The Bertz CT molecular complexity index is 467. The van der Waals surface area contributed by atoms with Crippen molar-refractivity contribution in [2.45, 2.75) is 51.3 Å². The van der Waals surface area contributed by atoms with Gasteiger partial charge in [0, 0.05) is 9.85 Å². The van der Waals surface area contributed by atoms with Crippen LogP contribution in [0.5, 0.6) is 0 Å². The standard InChI is InChI=1S/C17H23BrClF/c1-17(2,3)13-5-7-15(18)12(9-13)8-11-4-6-14(19)10-16(11)20/h4,6,10,12-13,15H,5,7-9H2,1-3H3. The van der Waals surface area contributed by atoms with E-state index in [0.717, 1.165) is 17.9 Å². The van der Waals surface area contributed by atoms with Crippen LogP contribution in [0.1, 0.15) is 45.6 Å². The molecule has 3 atom stereocenters. The van der Waals surface area contributed by atoms with Gasteiger partial charge in [0.1, 0.15) is 5.82 Å². The minimum Gasteiger partial charge on any atom is -0.207 e. The van der Waals surface area contributed by atoms with Crippen molar-refractivity contribution < 1.29 is 4.39 Å². The second-order valence-corrected chi connectivity index (χ2v) is 8.70. The summed E-state index contributed by atoms with van der Waals surface area (Å²) in [5, 5.41) is 0.470. The van der Waals surface area contributed by atoms with Crippen LogP contribution in [-0.4, -0.2) is 4.83 Å². The molecule has 1 aromatic carbocycles. The number of benzene rings is 1. The van der Waals surface area contributed by atoms with Gasteiger partial charge in [-0.25, -0.2) is 4.39 Å². The van der Waals surface area contributed by atoms with E-state index in [-0.39, 0.29) is 5.82 Å². The molecule has 20 heavy (non-hydrogen) atoms. The van der Waals surface area contributed by atoms with Gasteiger partial charge in [0.15, 0.2) is 0 Å². The zero-order valence-corrected chi connectivity index (χ0v) is 14.8. The predicted molar refractivity (Wildman–Crippen MR) is 88.1 cm³/mol. The average molecular weight is 362 g/mol. The van der Waals surface area contributed by atoms with Crippen molar-refractivity contribution in [1.82, 2.24) is 0 Å². The maximum Gasteiger partial charge on any atom is 0.127 e. The lowest BCUT2D eigenvalue weighted by Crippen LogP contribution is -2.33. The van der Waals surface area contributed by atoms with Crippen LogP contribution < -0.4 is 0 Å². The maximum absolute atomic E-state index is 14.0. The number of alkyl halides is 1. The first-order valence-electron chi connectivity index (χ1n) is 7.35. The van der Waals surface area contributed by atoms with E-state index in [1.807, 2.05) is 6.07 Å². The fourth-order valence-corrected chi connectivity index (χ4v) is 4.02. The van der Waals surface area contributed by atoms with Gasteiger partial charge in [-0.2, -0.15) is 0 Å². The van der Waals surface area contributed by atoms with Crippen molar-refractivity contribution in [2.75, 3.05) is 0 Å². The highest BCUT2D eigenvalue weighted by Crippen LogP contribution is 2.43. The molecule has 1 aromatic rings. The maximum atomic E-state index is 14.0. The highest BCUT2D eigenvalue weighted by atomic mass is 79.9. The molecule has 1 saturated carbocycles. The molecule has 1 aliphatic rings. The topological polar surface area (TPSA) is 0 Å². The summed E-state index contributed by atoms with van der Waals surface area (Å²) in [5.74, 6) is 1.05. The Morgan fingerprint density at radius 3 is 2.60 bits per heavy atom. The van der Waals surface area contributed by atoms with Crippen molar-refractivity contribution in [1.29, 1.82) is 0 Å². The molecular formula is C17H23BrClF. The van der Waals surface area contributed by atoms with E-state index in [9.17, 15) is 4.39 Å². The van der Waals surface area contributed by atoms with Crippen LogP contribution in [0.3, 0.4) is 0 Å². The van der Waals surface area contributed by atoms with Gasteiger partial charge < -0.3 is 0 Å². The third kappa shape index (κ3) is 3.98. The van der Waals surface area contributed by atoms with Crippen molar-refractivity contribution in [2.24, 2.45) is 17.3 Å². The molecule has 0 nitrogen and oxygen atoms in total. The number of rotatable bonds is 2. The molecule has 0 aromatic heterocycles. The largest absolute Gasteiger partial charge is 0.207 e. The average Bonchev–Trinajstić information content (AvgIpc) is 2.33. The van der Waals surface area contributed by atoms with E-state index in [2.05, 4.69) is 36.7 Å². The van der Waals surface area contributed by atoms with Gasteiger partial charge in [-0.15, -0.1) is 0 Å². The molecule has 0 heterocycles. The van der Waals surface area contributed by atoms with E-state index in [1.54, 1.807) is 6.07 Å². The number of halogens is 3. The van der Waals surface area contributed by atoms with Crippen LogP contribution in [0.25, 0.3) is 0 Å². The molecule has 2 rings (SSSR count). The summed E-state index contributed by atoms with van der Waals surface area (Å²) in [7, 11) is 0. The minimum absolute atomic E-state index is 0.171. The van der Waals surface area contributed by atoms with E-state index in [4.69, 9.17) is 11.6 Å². The van der Waals surface area contributed by atoms with Gasteiger partial charge in [0.05, 0.1) is 0 Å². The fourth-order valence-electron chi connectivity index (χ4n) is 3.19. The van der Waals surface area contributed by atoms with Gasteiger partial charge in [-0.3, -0.25) is 0 Å². The molecule has 3 heteroatoms. The SMILES string of the molecule is CC(C)(C)C1CCC(Br)C(Cc2ccc(Cl)cc2F)C1. The molecule has 0 saturated heterocycles. The molecule has 3 unspecified atom stereocenters. The summed E-state index contributed by atoms with van der Waals surface area (Å²) in [5.41, 5.74) is 1.13. The number of hydrogen-bond acceptors (Lipinski definition) is 0. The highest BCUT2D eigenvalue weighted by molar-refractivity contribution is 9.09. The second kappa shape index (κ2) is 6.36. The Morgan fingerprint density at radius 2 is 2.00 bits per heavy atom. The Kier molecular flexibility index (Phi) is 5.18. The van der Waals surface area contributed by atoms with Crippen molar-refractivity contribution in [3.63, 3.8) is 0 Å². The smallest absolute Gasteiger partial charge is 0.127 e. The Balaban J connectivity index is 2.10. The monoisotopic (exact) mass is 360 g/mol. The van der Waals surface area contributed by atoms with E-state index in [1.165, 1.54) is 25.3 Å². The second-order valence-electron chi connectivity index (χ2n) is 7.09. The van der Waals surface area contributed by atoms with Crippen molar-refractivity contribution >= 4 is 27.5 Å². The van der Waals surface area contributed by atoms with Crippen molar-refractivity contribution in [3.8, 4) is 0 Å². The molecule has 0 N–H and O–H groups in total. The lowest BCUT2D eigenvalue weighted by molar-refractivity contribution is 0.146. The summed E-state index contributed by atoms with van der Waals surface area (Å²) in [6.45, 7) is 6.93. The van der Waals surface area contributed by atoms with Gasteiger partial charge >= 0.3 is 0 Å². The van der Waals surface area contributed by atoms with Crippen LogP contribution in [0, 0.1) is 23.1 Å². The van der Waals surface area contributed by atoms with Gasteiger partial charge in [-0.1, -0.05) is 54.4 Å². The molecule has 0 bridgehead atoms. The zero-order chi connectivity index (χ0) is 14.9. The molecule has 0 spiro atoms. The minimum atomic E-state index is -0.171. The lowest BCUT2D eigenvalue weighted by Gasteiger charge is -2.40. The predicted octanol–water partition coefficient (Wildman–Crippen LogP) is 6.25. The molecule has 112 valence electrons. The molecular weight excluding hydrogens is 339 g/mol. The number of hydrogen-bond donors (Lipinski definition) is 0. The summed E-state index contributed by atoms with van der Waals surface area (Å²) in [4.78, 5) is 0.496. The molecule has 1 aliphatic carbocycles. The van der Waals surface area contributed by atoms with Crippen LogP contribution in [0.4, 0.5) is 4.39 Å². The van der Waals surface area contributed by atoms with Gasteiger partial charge in [-0.05, 0) is 60.6 Å². The van der Waals surface area contributed by atoms with Gasteiger partial charge in [0.25, 0.3) is 0 Å². The third-order valence-corrected chi connectivity index (χ3v) is 6.05. The lowest BCUT2D eigenvalue weighted by atomic mass is 9.68. The van der Waals surface area contributed by atoms with Crippen molar-refractivity contribution in [3.05, 3.63) is 34.6 Å². The summed E-state index contributed by atoms with van der Waals surface area (Å²) in [6, 6.07) is 5.04. The summed E-state index contributed by atoms with van der Waals surface area (Å²) >= 11 is 9.62. The molecule has 0 amide bonds. The van der Waals surface area contributed by atoms with E-state index < -0.39 is 0 Å². The van der Waals surface area contributed by atoms with Crippen LogP contribution >= 0.6 is 27.5 Å². The fraction of sp³-hybridized carbons (Fsp3) is 0.647. The van der Waals surface area contributed by atoms with Crippen LogP contribution in [-0.2, 0) is 6.42 Å². The van der Waals surface area contributed by atoms with Gasteiger partial charge in [0.2, 0.25) is 0 Å². The van der Waals surface area contributed by atoms with Crippen LogP contribution in [0.2, 0.25) is 5.02 Å². The molecule has 1 fully saturated rings. The first-order valence-corrected chi connectivity index (χ1v) is 8.64. The quantitative estimate of drug-likeness (QED) is 0.546. The first-order chi connectivity index (χ1) is 9.27. The third-order valence-electron chi connectivity index (χ3n) is 4.61. The first kappa shape index (κ1) is 16.3. The highest BCUT2D eigenvalue weighted by Gasteiger charge is 2.35. The zero-order valence-electron chi connectivity index (χ0n) is 12.4. The molecule has 0 aliphatic heterocycles. The summed E-state index contributed by atoms with van der Waals surface area (Å²) in [6.07, 6.45) is 4.41. The Hall–Kier alpha value is -0.0800.